The minimum atomic E-state index is -0.137. The highest BCUT2D eigenvalue weighted by atomic mass is 16.2. The summed E-state index contributed by atoms with van der Waals surface area (Å²) in [4.78, 5) is 27.4. The first-order valence-electron chi connectivity index (χ1n) is 8.76. The molecular formula is C21H23N3O2. The molecule has 0 saturated carbocycles. The first kappa shape index (κ1) is 17.7. The van der Waals surface area contributed by atoms with Crippen LogP contribution in [-0.2, 0) is 0 Å². The molecular weight excluding hydrogens is 326 g/mol. The first-order valence-corrected chi connectivity index (χ1v) is 8.76. The second kappa shape index (κ2) is 7.87. The second-order valence-corrected chi connectivity index (χ2v) is 6.43. The van der Waals surface area contributed by atoms with Gasteiger partial charge in [-0.3, -0.25) is 9.59 Å². The van der Waals surface area contributed by atoms with Gasteiger partial charge < -0.3 is 15.6 Å². The van der Waals surface area contributed by atoms with Gasteiger partial charge in [-0.25, -0.2) is 0 Å². The van der Waals surface area contributed by atoms with Crippen molar-refractivity contribution in [1.82, 2.24) is 15.6 Å². The van der Waals surface area contributed by atoms with Crippen molar-refractivity contribution in [2.24, 2.45) is 0 Å². The fourth-order valence-corrected chi connectivity index (χ4v) is 2.77. The van der Waals surface area contributed by atoms with E-state index in [4.69, 9.17) is 0 Å². The Morgan fingerprint density at radius 2 is 1.62 bits per heavy atom. The predicted octanol–water partition coefficient (Wildman–Crippen LogP) is 3.33. The van der Waals surface area contributed by atoms with Crippen LogP contribution in [0.1, 0.15) is 38.4 Å². The zero-order valence-corrected chi connectivity index (χ0v) is 15.1. The zero-order valence-electron chi connectivity index (χ0n) is 15.1. The maximum Gasteiger partial charge on any atom is 0.267 e. The van der Waals surface area contributed by atoms with Crippen molar-refractivity contribution in [2.45, 2.75) is 20.3 Å². The van der Waals surface area contributed by atoms with E-state index in [9.17, 15) is 9.59 Å². The van der Waals surface area contributed by atoms with Crippen LogP contribution in [0.2, 0.25) is 0 Å². The third-order valence-corrected chi connectivity index (χ3v) is 4.47. The lowest BCUT2D eigenvalue weighted by Crippen LogP contribution is -2.30. The summed E-state index contributed by atoms with van der Waals surface area (Å²) in [6, 6.07) is 15.3. The van der Waals surface area contributed by atoms with E-state index >= 15 is 0 Å². The Kier molecular flexibility index (Phi) is 5.37. The monoisotopic (exact) mass is 349 g/mol. The fraction of sp³-hybridized carbons (Fsp3) is 0.238. The Morgan fingerprint density at radius 3 is 2.35 bits per heavy atom. The van der Waals surface area contributed by atoms with Crippen molar-refractivity contribution >= 4 is 22.7 Å². The number of aryl methyl sites for hydroxylation is 2. The summed E-state index contributed by atoms with van der Waals surface area (Å²) >= 11 is 0. The Labute approximate surface area is 152 Å². The van der Waals surface area contributed by atoms with Gasteiger partial charge in [-0.2, -0.15) is 0 Å². The van der Waals surface area contributed by atoms with Gasteiger partial charge in [-0.1, -0.05) is 24.3 Å². The number of para-hydroxylation sites is 1. The molecule has 1 heterocycles. The largest absolute Gasteiger partial charge is 0.352 e. The maximum atomic E-state index is 12.2. The van der Waals surface area contributed by atoms with Gasteiger partial charge in [0.25, 0.3) is 11.8 Å². The molecule has 0 spiro atoms. The van der Waals surface area contributed by atoms with Crippen molar-refractivity contribution < 1.29 is 9.59 Å². The van der Waals surface area contributed by atoms with Gasteiger partial charge in [-0.15, -0.1) is 0 Å². The molecule has 3 N–H and O–H groups in total. The number of hydrogen-bond donors (Lipinski definition) is 3. The number of nitrogens with one attached hydrogen (secondary N) is 3. The number of amides is 2. The maximum absolute atomic E-state index is 12.2. The summed E-state index contributed by atoms with van der Waals surface area (Å²) in [6.07, 6.45) is 0.669. The summed E-state index contributed by atoms with van der Waals surface area (Å²) < 4.78 is 0. The Balaban J connectivity index is 1.43. The van der Waals surface area contributed by atoms with Crippen LogP contribution in [0.4, 0.5) is 0 Å². The number of H-pyrrole nitrogens is 1. The number of aromatic amines is 1. The Hall–Kier alpha value is -3.08. The molecule has 0 atom stereocenters. The van der Waals surface area contributed by atoms with Crippen molar-refractivity contribution in [3.63, 3.8) is 0 Å². The van der Waals surface area contributed by atoms with Gasteiger partial charge in [-0.05, 0) is 55.7 Å². The highest BCUT2D eigenvalue weighted by Crippen LogP contribution is 2.14. The topological polar surface area (TPSA) is 74.0 Å². The van der Waals surface area contributed by atoms with Crippen LogP contribution in [0.15, 0.2) is 48.5 Å². The molecule has 134 valence electrons. The minimum absolute atomic E-state index is 0.0879. The molecule has 0 bridgehead atoms. The highest BCUT2D eigenvalue weighted by Gasteiger charge is 2.09. The van der Waals surface area contributed by atoms with E-state index in [1.165, 1.54) is 5.56 Å². The van der Waals surface area contributed by atoms with Gasteiger partial charge in [0, 0.05) is 29.6 Å². The quantitative estimate of drug-likeness (QED) is 0.597. The highest BCUT2D eigenvalue weighted by molar-refractivity contribution is 5.98. The van der Waals surface area contributed by atoms with E-state index in [0.29, 0.717) is 30.8 Å². The van der Waals surface area contributed by atoms with Crippen LogP contribution >= 0.6 is 0 Å². The number of aromatic nitrogens is 1. The summed E-state index contributed by atoms with van der Waals surface area (Å²) in [7, 11) is 0. The predicted molar refractivity (Wildman–Crippen MR) is 103 cm³/mol. The van der Waals surface area contributed by atoms with Crippen molar-refractivity contribution in [3.05, 3.63) is 70.9 Å². The van der Waals surface area contributed by atoms with Crippen LogP contribution < -0.4 is 10.6 Å². The molecule has 0 saturated heterocycles. The minimum Gasteiger partial charge on any atom is -0.352 e. The third-order valence-electron chi connectivity index (χ3n) is 4.47. The molecule has 2 amide bonds. The smallest absolute Gasteiger partial charge is 0.267 e. The van der Waals surface area contributed by atoms with E-state index in [1.54, 1.807) is 0 Å². The van der Waals surface area contributed by atoms with Crippen LogP contribution in [0, 0.1) is 13.8 Å². The zero-order chi connectivity index (χ0) is 18.5. The third kappa shape index (κ3) is 4.11. The molecule has 0 aliphatic heterocycles. The molecule has 5 heteroatoms. The molecule has 3 aromatic rings. The van der Waals surface area contributed by atoms with Crippen molar-refractivity contribution in [1.29, 1.82) is 0 Å². The molecule has 0 fully saturated rings. The summed E-state index contributed by atoms with van der Waals surface area (Å²) in [5.41, 5.74) is 4.42. The molecule has 1 aromatic heterocycles. The van der Waals surface area contributed by atoms with Crippen LogP contribution in [-0.4, -0.2) is 29.9 Å². The van der Waals surface area contributed by atoms with Gasteiger partial charge in [0.2, 0.25) is 0 Å². The molecule has 26 heavy (non-hydrogen) atoms. The van der Waals surface area contributed by atoms with Crippen LogP contribution in [0.3, 0.4) is 0 Å². The Morgan fingerprint density at radius 1 is 0.885 bits per heavy atom. The van der Waals surface area contributed by atoms with Crippen LogP contribution in [0.5, 0.6) is 0 Å². The van der Waals surface area contributed by atoms with E-state index < -0.39 is 0 Å². The number of carbonyl (C=O) groups excluding carboxylic acids is 2. The van der Waals surface area contributed by atoms with Crippen molar-refractivity contribution in [2.75, 3.05) is 13.1 Å². The first-order chi connectivity index (χ1) is 12.5. The lowest BCUT2D eigenvalue weighted by Gasteiger charge is -2.08. The molecule has 0 radical (unpaired) electrons. The van der Waals surface area contributed by atoms with E-state index in [0.717, 1.165) is 16.5 Å². The average molecular weight is 349 g/mol. The van der Waals surface area contributed by atoms with Crippen molar-refractivity contribution in [3.8, 4) is 0 Å². The summed E-state index contributed by atoms with van der Waals surface area (Å²) in [6.45, 7) is 5.03. The standard InChI is InChI=1S/C21H23N3O2/c1-14-8-9-17(12-15(14)2)20(25)22-10-5-11-23-21(26)19-13-16-6-3-4-7-18(16)24-19/h3-4,6-9,12-13,24H,5,10-11H2,1-2H3,(H,22,25)(H,23,26). The van der Waals surface area contributed by atoms with Gasteiger partial charge in [0.1, 0.15) is 5.69 Å². The number of hydrogen-bond acceptors (Lipinski definition) is 2. The lowest BCUT2D eigenvalue weighted by atomic mass is 10.1. The van der Waals surface area contributed by atoms with E-state index in [-0.39, 0.29) is 11.8 Å². The molecule has 2 aromatic carbocycles. The van der Waals surface area contributed by atoms with Gasteiger partial charge in [0.15, 0.2) is 0 Å². The van der Waals surface area contributed by atoms with Gasteiger partial charge in [0.05, 0.1) is 0 Å². The molecule has 0 unspecified atom stereocenters. The molecule has 0 aliphatic rings. The number of carbonyl (C=O) groups is 2. The molecule has 3 rings (SSSR count). The number of rotatable bonds is 6. The molecule has 5 nitrogen and oxygen atoms in total. The molecule has 0 aliphatic carbocycles. The van der Waals surface area contributed by atoms with E-state index in [1.807, 2.05) is 62.4 Å². The number of fused-ring (bicyclic) bond motifs is 1. The lowest BCUT2D eigenvalue weighted by molar-refractivity contribution is 0.0948. The number of benzene rings is 2. The fourth-order valence-electron chi connectivity index (χ4n) is 2.77. The summed E-state index contributed by atoms with van der Waals surface area (Å²) in [5, 5.41) is 6.76. The normalized spacial score (nSPS) is 10.7. The second-order valence-electron chi connectivity index (χ2n) is 6.43. The Bertz CT molecular complexity index is 910. The van der Waals surface area contributed by atoms with E-state index in [2.05, 4.69) is 15.6 Å². The van der Waals surface area contributed by atoms with Gasteiger partial charge >= 0.3 is 0 Å². The average Bonchev–Trinajstić information content (AvgIpc) is 3.07. The van der Waals surface area contributed by atoms with Crippen LogP contribution in [0.25, 0.3) is 10.9 Å². The summed E-state index contributed by atoms with van der Waals surface area (Å²) in [5.74, 6) is -0.225. The SMILES string of the molecule is Cc1ccc(C(=O)NCCCNC(=O)c2cc3ccccc3[nH]2)cc1C.